The number of carbonyl (C=O) groups excluding carboxylic acids is 2. The van der Waals surface area contributed by atoms with Crippen LogP contribution in [0, 0.1) is 0 Å². The van der Waals surface area contributed by atoms with Crippen molar-refractivity contribution >= 4 is 33.2 Å². The minimum atomic E-state index is -3.47. The zero-order valence-corrected chi connectivity index (χ0v) is 18.8. The van der Waals surface area contributed by atoms with Crippen molar-refractivity contribution in [3.05, 3.63) is 54.1 Å². The molecule has 0 bridgehead atoms. The number of rotatable bonds is 9. The lowest BCUT2D eigenvalue weighted by molar-refractivity contribution is -0.117. The van der Waals surface area contributed by atoms with Crippen LogP contribution in [0.25, 0.3) is 0 Å². The van der Waals surface area contributed by atoms with E-state index in [2.05, 4.69) is 5.32 Å². The van der Waals surface area contributed by atoms with E-state index in [1.54, 1.807) is 41.3 Å². The Morgan fingerprint density at radius 3 is 2.23 bits per heavy atom. The van der Waals surface area contributed by atoms with Crippen molar-refractivity contribution < 1.29 is 18.0 Å². The Morgan fingerprint density at radius 2 is 1.68 bits per heavy atom. The molecule has 7 nitrogen and oxygen atoms in total. The molecule has 31 heavy (non-hydrogen) atoms. The molecule has 1 aliphatic heterocycles. The Labute approximate surface area is 184 Å². The molecule has 1 fully saturated rings. The number of hydrogen-bond acceptors (Lipinski definition) is 4. The van der Waals surface area contributed by atoms with E-state index < -0.39 is 10.0 Å². The minimum Gasteiger partial charge on any atom is -0.326 e. The molecule has 2 aromatic carbocycles. The molecule has 0 unspecified atom stereocenters. The van der Waals surface area contributed by atoms with Gasteiger partial charge in [-0.1, -0.05) is 26.0 Å². The van der Waals surface area contributed by atoms with Crippen molar-refractivity contribution in [2.45, 2.75) is 44.4 Å². The number of nitrogens with one attached hydrogen (secondary N) is 1. The maximum atomic E-state index is 12.5. The molecular weight excluding hydrogens is 414 g/mol. The minimum absolute atomic E-state index is 0.121. The first-order valence-corrected chi connectivity index (χ1v) is 12.1. The lowest BCUT2D eigenvalue weighted by Crippen LogP contribution is -2.30. The Balaban J connectivity index is 1.53. The first-order valence-electron chi connectivity index (χ1n) is 10.6. The van der Waals surface area contributed by atoms with Gasteiger partial charge in [-0.05, 0) is 54.8 Å². The first-order chi connectivity index (χ1) is 14.8. The molecule has 2 aromatic rings. The number of benzene rings is 2. The van der Waals surface area contributed by atoms with Crippen LogP contribution in [0.3, 0.4) is 0 Å². The second kappa shape index (κ2) is 10.1. The zero-order chi connectivity index (χ0) is 22.4. The summed E-state index contributed by atoms with van der Waals surface area (Å²) in [6.07, 6.45) is 2.26. The maximum Gasteiger partial charge on any atom is 0.243 e. The van der Waals surface area contributed by atoms with E-state index in [-0.39, 0.29) is 23.1 Å². The van der Waals surface area contributed by atoms with Gasteiger partial charge in [0.25, 0.3) is 0 Å². The quantitative estimate of drug-likeness (QED) is 0.643. The monoisotopic (exact) mass is 443 g/mol. The summed E-state index contributed by atoms with van der Waals surface area (Å²) in [6, 6.07) is 14.0. The molecule has 0 radical (unpaired) electrons. The van der Waals surface area contributed by atoms with Gasteiger partial charge >= 0.3 is 0 Å². The summed E-state index contributed by atoms with van der Waals surface area (Å²) in [5.74, 6) is 0.0116. The fourth-order valence-corrected chi connectivity index (χ4v) is 5.13. The smallest absolute Gasteiger partial charge is 0.243 e. The largest absolute Gasteiger partial charge is 0.326 e. The Kier molecular flexibility index (Phi) is 7.46. The summed E-state index contributed by atoms with van der Waals surface area (Å²) in [5, 5.41) is 2.86. The number of anilines is 2. The number of aryl methyl sites for hydroxylation is 1. The third kappa shape index (κ3) is 5.51. The number of sulfonamides is 1. The Bertz CT molecular complexity index is 1010. The van der Waals surface area contributed by atoms with E-state index in [4.69, 9.17) is 0 Å². The number of amides is 2. The summed E-state index contributed by atoms with van der Waals surface area (Å²) in [4.78, 5) is 26.1. The summed E-state index contributed by atoms with van der Waals surface area (Å²) < 4.78 is 26.5. The van der Waals surface area contributed by atoms with E-state index in [1.165, 1.54) is 4.31 Å². The normalized spacial score (nSPS) is 14.3. The molecule has 2 amide bonds. The van der Waals surface area contributed by atoms with E-state index in [0.29, 0.717) is 31.6 Å². The van der Waals surface area contributed by atoms with Crippen LogP contribution in [0.2, 0.25) is 0 Å². The highest BCUT2D eigenvalue weighted by atomic mass is 32.2. The molecule has 3 rings (SSSR count). The van der Waals surface area contributed by atoms with E-state index in [0.717, 1.165) is 24.2 Å². The fraction of sp³-hybridized carbons (Fsp3) is 0.391. The van der Waals surface area contributed by atoms with Crippen LogP contribution in [-0.4, -0.2) is 44.2 Å². The van der Waals surface area contributed by atoms with Gasteiger partial charge in [-0.3, -0.25) is 9.59 Å². The van der Waals surface area contributed by atoms with Gasteiger partial charge in [0.05, 0.1) is 4.90 Å². The fourth-order valence-electron chi connectivity index (χ4n) is 3.67. The SMILES string of the molecule is CCN(CC)S(=O)(=O)c1ccc(CCC(=O)Nc2ccc(N3CCCC3=O)cc2)cc1. The van der Waals surface area contributed by atoms with Crippen LogP contribution < -0.4 is 10.2 Å². The van der Waals surface area contributed by atoms with Gasteiger partial charge in [-0.15, -0.1) is 0 Å². The molecule has 0 spiro atoms. The van der Waals surface area contributed by atoms with Crippen molar-refractivity contribution in [2.75, 3.05) is 29.9 Å². The summed E-state index contributed by atoms with van der Waals surface area (Å²) in [5.41, 5.74) is 2.43. The summed E-state index contributed by atoms with van der Waals surface area (Å²) in [6.45, 7) is 5.21. The van der Waals surface area contributed by atoms with Crippen molar-refractivity contribution in [1.29, 1.82) is 0 Å². The molecule has 1 aliphatic rings. The zero-order valence-electron chi connectivity index (χ0n) is 18.0. The molecule has 1 saturated heterocycles. The predicted octanol–water partition coefficient (Wildman–Crippen LogP) is 3.42. The molecule has 0 aromatic heterocycles. The molecule has 0 atom stereocenters. The standard InChI is InChI=1S/C23H29N3O4S/c1-3-25(4-2)31(29,30)21-14-7-18(8-15-21)9-16-22(27)24-19-10-12-20(13-11-19)26-17-5-6-23(26)28/h7-8,10-15H,3-6,9,16-17H2,1-2H3,(H,24,27). The highest BCUT2D eigenvalue weighted by molar-refractivity contribution is 7.89. The highest BCUT2D eigenvalue weighted by Crippen LogP contribution is 2.23. The lowest BCUT2D eigenvalue weighted by atomic mass is 10.1. The van der Waals surface area contributed by atoms with Crippen LogP contribution in [-0.2, 0) is 26.0 Å². The van der Waals surface area contributed by atoms with Crippen molar-refractivity contribution in [1.82, 2.24) is 4.31 Å². The molecule has 1 N–H and O–H groups in total. The second-order valence-electron chi connectivity index (χ2n) is 7.48. The van der Waals surface area contributed by atoms with Crippen LogP contribution in [0.5, 0.6) is 0 Å². The number of hydrogen-bond donors (Lipinski definition) is 1. The van der Waals surface area contributed by atoms with E-state index >= 15 is 0 Å². The summed E-state index contributed by atoms with van der Waals surface area (Å²) >= 11 is 0. The van der Waals surface area contributed by atoms with Crippen molar-refractivity contribution in [2.24, 2.45) is 0 Å². The van der Waals surface area contributed by atoms with Gasteiger partial charge in [0.15, 0.2) is 0 Å². The van der Waals surface area contributed by atoms with Gasteiger partial charge in [-0.2, -0.15) is 4.31 Å². The molecule has 166 valence electrons. The van der Waals surface area contributed by atoms with Gasteiger partial charge in [-0.25, -0.2) is 8.42 Å². The van der Waals surface area contributed by atoms with Crippen LogP contribution >= 0.6 is 0 Å². The highest BCUT2D eigenvalue weighted by Gasteiger charge is 2.22. The van der Waals surface area contributed by atoms with Gasteiger partial charge < -0.3 is 10.2 Å². The number of nitrogens with zero attached hydrogens (tertiary/aromatic N) is 2. The molecular formula is C23H29N3O4S. The average molecular weight is 444 g/mol. The molecule has 1 heterocycles. The van der Waals surface area contributed by atoms with Crippen LogP contribution in [0.4, 0.5) is 11.4 Å². The van der Waals surface area contributed by atoms with Crippen LogP contribution in [0.15, 0.2) is 53.4 Å². The van der Waals surface area contributed by atoms with Gasteiger partial charge in [0.1, 0.15) is 0 Å². The average Bonchev–Trinajstić information content (AvgIpc) is 3.19. The maximum absolute atomic E-state index is 12.5. The third-order valence-corrected chi connectivity index (χ3v) is 7.51. The molecule has 0 aliphatic carbocycles. The van der Waals surface area contributed by atoms with Crippen molar-refractivity contribution in [3.8, 4) is 0 Å². The lowest BCUT2D eigenvalue weighted by Gasteiger charge is -2.18. The van der Waals surface area contributed by atoms with Gasteiger partial charge in [0.2, 0.25) is 21.8 Å². The predicted molar refractivity (Wildman–Crippen MR) is 122 cm³/mol. The Hall–Kier alpha value is -2.71. The number of carbonyl (C=O) groups is 2. The first kappa shape index (κ1) is 23.0. The molecule has 0 saturated carbocycles. The van der Waals surface area contributed by atoms with Crippen molar-refractivity contribution in [3.63, 3.8) is 0 Å². The topological polar surface area (TPSA) is 86.8 Å². The second-order valence-corrected chi connectivity index (χ2v) is 9.42. The van der Waals surface area contributed by atoms with Gasteiger partial charge in [0, 0.05) is 43.9 Å². The van der Waals surface area contributed by atoms with E-state index in [1.807, 2.05) is 26.0 Å². The van der Waals surface area contributed by atoms with Crippen LogP contribution in [0.1, 0.15) is 38.7 Å². The molecule has 8 heteroatoms. The third-order valence-electron chi connectivity index (χ3n) is 5.44. The summed E-state index contributed by atoms with van der Waals surface area (Å²) in [7, 11) is -3.47. The Morgan fingerprint density at radius 1 is 1.03 bits per heavy atom. The van der Waals surface area contributed by atoms with E-state index in [9.17, 15) is 18.0 Å².